The van der Waals surface area contributed by atoms with Crippen LogP contribution in [0.15, 0.2) is 42.5 Å². The number of ether oxygens (including phenoxy) is 1. The lowest BCUT2D eigenvalue weighted by Gasteiger charge is -2.28. The molecule has 0 amide bonds. The highest BCUT2D eigenvalue weighted by molar-refractivity contribution is 7.68. The number of hydrogen-bond acceptors (Lipinski definition) is 3. The lowest BCUT2D eigenvalue weighted by Crippen LogP contribution is -2.24. The summed E-state index contributed by atoms with van der Waals surface area (Å²) in [4.78, 5) is 11.4. The molecule has 3 nitrogen and oxygen atoms in total. The third-order valence-electron chi connectivity index (χ3n) is 2.98. The van der Waals surface area contributed by atoms with Crippen LogP contribution in [0.1, 0.15) is 31.1 Å². The molecule has 0 spiro atoms. The molecular formula is C18H20ClO3P. The average molecular weight is 351 g/mol. The fraction of sp³-hybridized carbons (Fsp3) is 0.278. The van der Waals surface area contributed by atoms with Crippen molar-refractivity contribution in [1.82, 2.24) is 0 Å². The Hall–Kier alpha value is -1.41. The topological polar surface area (TPSA) is 35.5 Å². The largest absolute Gasteiger partial charge is 0.494 e. The fourth-order valence-electron chi connectivity index (χ4n) is 2.11. The molecule has 1 atom stereocenters. The molecule has 1 unspecified atom stereocenters. The van der Waals surface area contributed by atoms with Gasteiger partial charge in [-0.2, -0.15) is 0 Å². The summed E-state index contributed by atoms with van der Waals surface area (Å²) in [5, 5.41) is 2.36. The van der Waals surface area contributed by atoms with Crippen LogP contribution >= 0.6 is 19.7 Å². The van der Waals surface area contributed by atoms with Gasteiger partial charge in [0.1, 0.15) is 5.75 Å². The number of hydrogen-bond donors (Lipinski definition) is 0. The minimum Gasteiger partial charge on any atom is -0.494 e. The van der Waals surface area contributed by atoms with Crippen molar-refractivity contribution >= 4 is 36.6 Å². The Morgan fingerprint density at radius 2 is 1.74 bits per heavy atom. The SMILES string of the molecule is COc1c(Cl)cc(P(OC(C)(C)C)c2ccccc2)cc1C=O. The normalized spacial score (nSPS) is 12.7. The van der Waals surface area contributed by atoms with E-state index in [2.05, 4.69) is 0 Å². The quantitative estimate of drug-likeness (QED) is 0.595. The van der Waals surface area contributed by atoms with Crippen molar-refractivity contribution in [2.75, 3.05) is 7.11 Å². The first kappa shape index (κ1) is 17.9. The molecule has 0 radical (unpaired) electrons. The first-order chi connectivity index (χ1) is 10.9. The Bertz CT molecular complexity index is 681. The first-order valence-electron chi connectivity index (χ1n) is 7.23. The number of carbonyl (C=O) groups excluding carboxylic acids is 1. The summed E-state index contributed by atoms with van der Waals surface area (Å²) in [5.74, 6) is 0.393. The van der Waals surface area contributed by atoms with Crippen LogP contribution in [-0.4, -0.2) is 19.0 Å². The summed E-state index contributed by atoms with van der Waals surface area (Å²) in [6.45, 7) is 6.03. The van der Waals surface area contributed by atoms with E-state index >= 15 is 0 Å². The van der Waals surface area contributed by atoms with E-state index < -0.39 is 8.15 Å². The molecule has 2 aromatic rings. The Balaban J connectivity index is 2.56. The van der Waals surface area contributed by atoms with Gasteiger partial charge in [-0.3, -0.25) is 4.79 Å². The zero-order valence-electron chi connectivity index (χ0n) is 13.7. The summed E-state index contributed by atoms with van der Waals surface area (Å²) in [6.07, 6.45) is 0.754. The van der Waals surface area contributed by atoms with Crippen LogP contribution in [0.4, 0.5) is 0 Å². The Morgan fingerprint density at radius 3 is 2.26 bits per heavy atom. The molecule has 122 valence electrons. The van der Waals surface area contributed by atoms with E-state index in [-0.39, 0.29) is 5.60 Å². The molecule has 0 N–H and O–H groups in total. The number of rotatable bonds is 5. The van der Waals surface area contributed by atoms with E-state index in [1.165, 1.54) is 7.11 Å². The van der Waals surface area contributed by atoms with Gasteiger partial charge >= 0.3 is 0 Å². The molecule has 23 heavy (non-hydrogen) atoms. The number of benzene rings is 2. The predicted octanol–water partition coefficient (Wildman–Crippen LogP) is 4.32. The summed E-state index contributed by atoms with van der Waals surface area (Å²) >= 11 is 6.29. The first-order valence-corrected chi connectivity index (χ1v) is 8.86. The van der Waals surface area contributed by atoms with Gasteiger partial charge in [0.2, 0.25) is 0 Å². The molecule has 5 heteroatoms. The van der Waals surface area contributed by atoms with Crippen molar-refractivity contribution in [2.24, 2.45) is 0 Å². The molecule has 0 aliphatic rings. The van der Waals surface area contributed by atoms with E-state index in [1.54, 1.807) is 6.07 Å². The third kappa shape index (κ3) is 4.54. The van der Waals surface area contributed by atoms with E-state index in [1.807, 2.05) is 57.2 Å². The summed E-state index contributed by atoms with van der Waals surface area (Å²) in [6, 6.07) is 13.6. The van der Waals surface area contributed by atoms with Gasteiger partial charge in [-0.1, -0.05) is 41.9 Å². The third-order valence-corrected chi connectivity index (χ3v) is 5.48. The van der Waals surface area contributed by atoms with Crippen molar-refractivity contribution in [3.63, 3.8) is 0 Å². The van der Waals surface area contributed by atoms with E-state index in [9.17, 15) is 4.79 Å². The molecule has 0 aliphatic heterocycles. The van der Waals surface area contributed by atoms with Gasteiger partial charge in [0.05, 0.1) is 31.4 Å². The standard InChI is InChI=1S/C18H20ClO3P/c1-18(2,3)22-23(14-8-6-5-7-9-14)15-10-13(12-20)17(21-4)16(19)11-15/h5-12H,1-4H3. The maximum absolute atomic E-state index is 11.4. The van der Waals surface area contributed by atoms with Crippen LogP contribution in [0.2, 0.25) is 5.02 Å². The van der Waals surface area contributed by atoms with Crippen molar-refractivity contribution in [2.45, 2.75) is 26.4 Å². The van der Waals surface area contributed by atoms with Crippen LogP contribution in [0.3, 0.4) is 0 Å². The van der Waals surface area contributed by atoms with Crippen LogP contribution in [0.5, 0.6) is 5.75 Å². The highest BCUT2D eigenvalue weighted by Gasteiger charge is 2.24. The zero-order valence-corrected chi connectivity index (χ0v) is 15.3. The fourth-order valence-corrected chi connectivity index (χ4v) is 4.49. The molecule has 0 aliphatic carbocycles. The van der Waals surface area contributed by atoms with Crippen molar-refractivity contribution in [1.29, 1.82) is 0 Å². The molecule has 0 saturated carbocycles. The van der Waals surface area contributed by atoms with Crippen molar-refractivity contribution in [3.05, 3.63) is 53.1 Å². The second-order valence-electron chi connectivity index (χ2n) is 6.00. The Morgan fingerprint density at radius 1 is 1.09 bits per heavy atom. The van der Waals surface area contributed by atoms with Gasteiger partial charge in [-0.25, -0.2) is 0 Å². The van der Waals surface area contributed by atoms with E-state index in [0.29, 0.717) is 16.3 Å². The maximum atomic E-state index is 11.4. The minimum atomic E-state index is -1.09. The number of aldehydes is 1. The van der Waals surface area contributed by atoms with Gasteiger partial charge in [0.15, 0.2) is 6.29 Å². The second kappa shape index (κ2) is 7.44. The van der Waals surface area contributed by atoms with Crippen LogP contribution in [-0.2, 0) is 4.52 Å². The van der Waals surface area contributed by atoms with Crippen molar-refractivity contribution < 1.29 is 14.1 Å². The van der Waals surface area contributed by atoms with Crippen LogP contribution in [0, 0.1) is 0 Å². The van der Waals surface area contributed by atoms with E-state index in [0.717, 1.165) is 16.9 Å². The van der Waals surface area contributed by atoms with Crippen LogP contribution < -0.4 is 15.3 Å². The average Bonchev–Trinajstić information content (AvgIpc) is 2.51. The highest BCUT2D eigenvalue weighted by Crippen LogP contribution is 2.42. The van der Waals surface area contributed by atoms with E-state index in [4.69, 9.17) is 20.9 Å². The Kier molecular flexibility index (Phi) is 5.80. The molecule has 0 fully saturated rings. The number of halogens is 1. The highest BCUT2D eigenvalue weighted by atomic mass is 35.5. The minimum absolute atomic E-state index is 0.324. The Labute approximate surface area is 143 Å². The summed E-state index contributed by atoms with van der Waals surface area (Å²) in [5.41, 5.74) is 0.103. The molecular weight excluding hydrogens is 331 g/mol. The summed E-state index contributed by atoms with van der Waals surface area (Å²) in [7, 11) is 0.406. The maximum Gasteiger partial charge on any atom is 0.153 e. The lowest BCUT2D eigenvalue weighted by molar-refractivity contribution is 0.112. The van der Waals surface area contributed by atoms with Crippen molar-refractivity contribution in [3.8, 4) is 5.75 Å². The summed E-state index contributed by atoms with van der Waals surface area (Å²) < 4.78 is 11.5. The monoisotopic (exact) mass is 350 g/mol. The molecule has 0 saturated heterocycles. The zero-order chi connectivity index (χ0) is 17.0. The molecule has 0 aromatic heterocycles. The lowest BCUT2D eigenvalue weighted by atomic mass is 10.2. The number of methoxy groups -OCH3 is 1. The smallest absolute Gasteiger partial charge is 0.153 e. The van der Waals surface area contributed by atoms with Gasteiger partial charge in [0, 0.05) is 10.6 Å². The second-order valence-corrected chi connectivity index (χ2v) is 8.21. The van der Waals surface area contributed by atoms with Crippen LogP contribution in [0.25, 0.3) is 0 Å². The molecule has 0 heterocycles. The molecule has 2 aromatic carbocycles. The van der Waals surface area contributed by atoms with Gasteiger partial charge in [0.25, 0.3) is 0 Å². The predicted molar refractivity (Wildman–Crippen MR) is 96.9 cm³/mol. The van der Waals surface area contributed by atoms with Gasteiger partial charge in [-0.15, -0.1) is 0 Å². The molecule has 2 rings (SSSR count). The van der Waals surface area contributed by atoms with Gasteiger partial charge < -0.3 is 9.26 Å². The van der Waals surface area contributed by atoms with Gasteiger partial charge in [-0.05, 0) is 32.9 Å². The molecule has 0 bridgehead atoms. The number of carbonyl (C=O) groups is 1.